The lowest BCUT2D eigenvalue weighted by molar-refractivity contribution is -0.385. The smallest absolute Gasteiger partial charge is 0.271 e. The van der Waals surface area contributed by atoms with Crippen LogP contribution >= 0.6 is 0 Å². The van der Waals surface area contributed by atoms with Gasteiger partial charge in [-0.3, -0.25) is 25.0 Å². The maximum Gasteiger partial charge on any atom is 0.271 e. The summed E-state index contributed by atoms with van der Waals surface area (Å²) in [4.78, 5) is 37.3. The molecule has 0 N–H and O–H groups in total. The second kappa shape index (κ2) is 6.43. The molecule has 26 heavy (non-hydrogen) atoms. The number of anilines is 2. The first kappa shape index (κ1) is 17.3. The minimum absolute atomic E-state index is 0.102. The molecule has 9 nitrogen and oxygen atoms in total. The Labute approximate surface area is 148 Å². The summed E-state index contributed by atoms with van der Waals surface area (Å²) in [5, 5.41) is 22.1. The summed E-state index contributed by atoms with van der Waals surface area (Å²) in [5.74, 6) is -0.420. The minimum atomic E-state index is -0.557. The van der Waals surface area contributed by atoms with Gasteiger partial charge in [-0.15, -0.1) is 0 Å². The number of rotatable bonds is 4. The predicted octanol–water partition coefficient (Wildman–Crippen LogP) is 2.77. The number of nitro groups is 2. The van der Waals surface area contributed by atoms with Gasteiger partial charge in [-0.05, 0) is 18.1 Å². The molecule has 0 spiro atoms. The average molecular weight is 356 g/mol. The highest BCUT2D eigenvalue weighted by molar-refractivity contribution is 6.11. The van der Waals surface area contributed by atoms with Crippen LogP contribution in [0.3, 0.4) is 0 Å². The van der Waals surface area contributed by atoms with E-state index < -0.39 is 15.8 Å². The quantitative estimate of drug-likeness (QED) is 0.615. The SMILES string of the molecule is CN(C)c1ccc([N+](=O)[O-])cc1C(=O)N1CCc2ccc([N+](=O)[O-])cc21. The summed E-state index contributed by atoms with van der Waals surface area (Å²) in [6, 6.07) is 8.52. The Hall–Kier alpha value is -3.49. The number of nitro benzene ring substituents is 2. The molecule has 134 valence electrons. The lowest BCUT2D eigenvalue weighted by atomic mass is 10.1. The van der Waals surface area contributed by atoms with Crippen molar-refractivity contribution in [2.45, 2.75) is 6.42 Å². The highest BCUT2D eigenvalue weighted by atomic mass is 16.6. The van der Waals surface area contributed by atoms with Crippen LogP contribution in [0.5, 0.6) is 0 Å². The summed E-state index contributed by atoms with van der Waals surface area (Å²) in [5.41, 5.74) is 1.75. The number of hydrogen-bond donors (Lipinski definition) is 0. The van der Waals surface area contributed by atoms with Crippen LogP contribution in [0.4, 0.5) is 22.7 Å². The largest absolute Gasteiger partial charge is 0.377 e. The van der Waals surface area contributed by atoms with Gasteiger partial charge in [-0.1, -0.05) is 6.07 Å². The molecule has 0 bridgehead atoms. The Kier molecular flexibility index (Phi) is 4.29. The zero-order valence-corrected chi connectivity index (χ0v) is 14.2. The van der Waals surface area contributed by atoms with E-state index in [0.717, 1.165) is 5.56 Å². The zero-order valence-electron chi connectivity index (χ0n) is 14.2. The van der Waals surface area contributed by atoms with Crippen LogP contribution in [0.1, 0.15) is 15.9 Å². The van der Waals surface area contributed by atoms with Crippen molar-refractivity contribution < 1.29 is 14.6 Å². The molecular weight excluding hydrogens is 340 g/mol. The van der Waals surface area contributed by atoms with E-state index in [0.29, 0.717) is 24.3 Å². The number of fused-ring (bicyclic) bond motifs is 1. The third-order valence-corrected chi connectivity index (χ3v) is 4.32. The molecule has 0 saturated carbocycles. The minimum Gasteiger partial charge on any atom is -0.377 e. The number of carbonyl (C=O) groups is 1. The fourth-order valence-corrected chi connectivity index (χ4v) is 3.04. The standard InChI is InChI=1S/C17H16N4O5/c1-18(2)15-6-5-12(20(23)24)9-14(15)17(22)19-8-7-11-3-4-13(21(25)26)10-16(11)19/h3-6,9-10H,7-8H2,1-2H3. The van der Waals surface area contributed by atoms with Gasteiger partial charge in [0.2, 0.25) is 0 Å². The molecule has 2 aromatic rings. The first-order valence-corrected chi connectivity index (χ1v) is 7.84. The van der Waals surface area contributed by atoms with Gasteiger partial charge in [0.1, 0.15) is 0 Å². The summed E-state index contributed by atoms with van der Waals surface area (Å²) in [7, 11) is 3.47. The Bertz CT molecular complexity index is 925. The number of amides is 1. The van der Waals surface area contributed by atoms with Crippen molar-refractivity contribution in [2.75, 3.05) is 30.4 Å². The zero-order chi connectivity index (χ0) is 19.0. The predicted molar refractivity (Wildman–Crippen MR) is 95.9 cm³/mol. The molecule has 0 radical (unpaired) electrons. The van der Waals surface area contributed by atoms with Crippen molar-refractivity contribution >= 4 is 28.7 Å². The van der Waals surface area contributed by atoms with Crippen molar-refractivity contribution in [3.63, 3.8) is 0 Å². The maximum atomic E-state index is 13.1. The number of carbonyl (C=O) groups excluding carboxylic acids is 1. The first-order chi connectivity index (χ1) is 12.3. The van der Waals surface area contributed by atoms with E-state index in [4.69, 9.17) is 0 Å². The molecule has 0 fully saturated rings. The topological polar surface area (TPSA) is 110 Å². The fourth-order valence-electron chi connectivity index (χ4n) is 3.04. The Morgan fingerprint density at radius 3 is 2.27 bits per heavy atom. The summed E-state index contributed by atoms with van der Waals surface area (Å²) >= 11 is 0. The first-order valence-electron chi connectivity index (χ1n) is 7.84. The van der Waals surface area contributed by atoms with Crippen molar-refractivity contribution in [1.82, 2.24) is 0 Å². The van der Waals surface area contributed by atoms with Gasteiger partial charge in [-0.25, -0.2) is 0 Å². The van der Waals surface area contributed by atoms with Gasteiger partial charge in [0.15, 0.2) is 0 Å². The summed E-state index contributed by atoms with van der Waals surface area (Å²) in [6.45, 7) is 0.366. The Balaban J connectivity index is 2.07. The highest BCUT2D eigenvalue weighted by Gasteiger charge is 2.30. The monoisotopic (exact) mass is 356 g/mol. The molecule has 0 aliphatic carbocycles. The molecular formula is C17H16N4O5. The van der Waals surface area contributed by atoms with E-state index in [-0.39, 0.29) is 16.9 Å². The van der Waals surface area contributed by atoms with E-state index >= 15 is 0 Å². The Morgan fingerprint density at radius 2 is 1.65 bits per heavy atom. The molecule has 1 amide bonds. The molecule has 1 aliphatic heterocycles. The van der Waals surface area contributed by atoms with E-state index in [1.165, 1.54) is 35.2 Å². The van der Waals surface area contributed by atoms with Crippen molar-refractivity contribution in [3.05, 3.63) is 67.8 Å². The maximum absolute atomic E-state index is 13.1. The second-order valence-electron chi connectivity index (χ2n) is 6.13. The Morgan fingerprint density at radius 1 is 1.04 bits per heavy atom. The van der Waals surface area contributed by atoms with Crippen LogP contribution in [-0.4, -0.2) is 36.4 Å². The van der Waals surface area contributed by atoms with Gasteiger partial charge in [-0.2, -0.15) is 0 Å². The lowest BCUT2D eigenvalue weighted by Crippen LogP contribution is -2.30. The summed E-state index contributed by atoms with van der Waals surface area (Å²) < 4.78 is 0. The number of benzene rings is 2. The van der Waals surface area contributed by atoms with Crippen LogP contribution in [0.2, 0.25) is 0 Å². The molecule has 0 saturated heterocycles. The van der Waals surface area contributed by atoms with Gasteiger partial charge in [0.05, 0.1) is 21.1 Å². The highest BCUT2D eigenvalue weighted by Crippen LogP contribution is 2.34. The van der Waals surface area contributed by atoms with Crippen LogP contribution in [0.25, 0.3) is 0 Å². The molecule has 0 atom stereocenters. The van der Waals surface area contributed by atoms with Crippen LogP contribution in [-0.2, 0) is 6.42 Å². The van der Waals surface area contributed by atoms with E-state index in [1.807, 2.05) is 0 Å². The van der Waals surface area contributed by atoms with Gasteiger partial charge < -0.3 is 9.80 Å². The molecule has 0 unspecified atom stereocenters. The number of non-ortho nitro benzene ring substituents is 2. The molecule has 1 heterocycles. The summed E-state index contributed by atoms with van der Waals surface area (Å²) in [6.07, 6.45) is 0.575. The fraction of sp³-hybridized carbons (Fsp3) is 0.235. The van der Waals surface area contributed by atoms with Crippen LogP contribution in [0.15, 0.2) is 36.4 Å². The van der Waals surface area contributed by atoms with Crippen molar-refractivity contribution in [3.8, 4) is 0 Å². The lowest BCUT2D eigenvalue weighted by Gasteiger charge is -2.22. The molecule has 9 heteroatoms. The third-order valence-electron chi connectivity index (χ3n) is 4.32. The molecule has 1 aliphatic rings. The number of nitrogens with zero attached hydrogens (tertiary/aromatic N) is 4. The normalized spacial score (nSPS) is 12.6. The van der Waals surface area contributed by atoms with E-state index in [9.17, 15) is 25.0 Å². The van der Waals surface area contributed by atoms with Gasteiger partial charge >= 0.3 is 0 Å². The van der Waals surface area contributed by atoms with Crippen molar-refractivity contribution in [2.24, 2.45) is 0 Å². The molecule has 2 aromatic carbocycles. The second-order valence-corrected chi connectivity index (χ2v) is 6.13. The van der Waals surface area contributed by atoms with Gasteiger partial charge in [0, 0.05) is 50.6 Å². The molecule has 3 rings (SSSR count). The number of hydrogen-bond acceptors (Lipinski definition) is 6. The molecule has 0 aromatic heterocycles. The van der Waals surface area contributed by atoms with Crippen LogP contribution in [0, 0.1) is 20.2 Å². The average Bonchev–Trinajstić information content (AvgIpc) is 3.03. The third kappa shape index (κ3) is 2.94. The van der Waals surface area contributed by atoms with E-state index in [1.54, 1.807) is 25.1 Å². The van der Waals surface area contributed by atoms with Gasteiger partial charge in [0.25, 0.3) is 17.3 Å². The van der Waals surface area contributed by atoms with Crippen LogP contribution < -0.4 is 9.80 Å². The van der Waals surface area contributed by atoms with E-state index in [2.05, 4.69) is 0 Å². The van der Waals surface area contributed by atoms with Crippen molar-refractivity contribution in [1.29, 1.82) is 0 Å².